The number of hydrogen-bond donors (Lipinski definition) is 1. The zero-order valence-corrected chi connectivity index (χ0v) is 19.7. The summed E-state index contributed by atoms with van der Waals surface area (Å²) in [5, 5.41) is 2.97. The molecular weight excluding hydrogens is 458 g/mol. The van der Waals surface area contributed by atoms with Crippen LogP contribution >= 0.6 is 23.4 Å². The molecule has 0 fully saturated rings. The van der Waals surface area contributed by atoms with Crippen LogP contribution in [0.4, 0.5) is 0 Å². The van der Waals surface area contributed by atoms with Gasteiger partial charge < -0.3 is 10.1 Å². The van der Waals surface area contributed by atoms with Gasteiger partial charge in [0.1, 0.15) is 6.04 Å². The van der Waals surface area contributed by atoms with Gasteiger partial charge in [-0.3, -0.25) is 9.59 Å². The number of hydrogen-bond acceptors (Lipinski definition) is 5. The number of thioether (sulfide) groups is 1. The maximum atomic E-state index is 12.6. The monoisotopic (exact) mass is 481 g/mol. The minimum absolute atomic E-state index is 0.274. The van der Waals surface area contributed by atoms with Crippen LogP contribution in [0.1, 0.15) is 27.1 Å². The third-order valence-electron chi connectivity index (χ3n) is 4.98. The van der Waals surface area contributed by atoms with E-state index in [1.54, 1.807) is 48.2 Å². The lowest BCUT2D eigenvalue weighted by Crippen LogP contribution is -2.42. The van der Waals surface area contributed by atoms with E-state index in [1.165, 1.54) is 0 Å². The molecule has 0 heterocycles. The van der Waals surface area contributed by atoms with E-state index in [-0.39, 0.29) is 11.3 Å². The van der Waals surface area contributed by atoms with Gasteiger partial charge in [-0.15, -0.1) is 0 Å². The lowest BCUT2D eigenvalue weighted by Gasteiger charge is -2.17. The molecule has 3 rings (SSSR count). The second-order valence-electron chi connectivity index (χ2n) is 7.26. The molecule has 1 N–H and O–H groups in total. The van der Waals surface area contributed by atoms with Crippen molar-refractivity contribution < 1.29 is 19.1 Å². The summed E-state index contributed by atoms with van der Waals surface area (Å²) < 4.78 is 5.25. The number of ether oxygens (including phenoxy) is 1. The van der Waals surface area contributed by atoms with E-state index in [0.717, 1.165) is 11.1 Å². The Morgan fingerprint density at radius 3 is 2.21 bits per heavy atom. The summed E-state index contributed by atoms with van der Waals surface area (Å²) >= 11 is 7.62. The molecule has 170 valence electrons. The normalized spacial score (nSPS) is 11.5. The lowest BCUT2D eigenvalue weighted by atomic mass is 10.0. The molecule has 5 nitrogen and oxygen atoms in total. The van der Waals surface area contributed by atoms with E-state index in [0.29, 0.717) is 22.8 Å². The van der Waals surface area contributed by atoms with Crippen LogP contribution in [0, 0.1) is 0 Å². The predicted octanol–water partition coefficient (Wildman–Crippen LogP) is 5.28. The smallest absolute Gasteiger partial charge is 0.329 e. The highest BCUT2D eigenvalue weighted by Gasteiger charge is 2.24. The Morgan fingerprint density at radius 1 is 0.909 bits per heavy atom. The molecule has 7 heteroatoms. The number of carbonyl (C=O) groups excluding carboxylic acids is 3. The number of Topliss-reactive ketones (excluding diaryl/α,β-unsaturated/α-hetero) is 1. The van der Waals surface area contributed by atoms with Gasteiger partial charge in [-0.25, -0.2) is 4.79 Å². The van der Waals surface area contributed by atoms with Gasteiger partial charge in [0.05, 0.1) is 10.6 Å². The van der Waals surface area contributed by atoms with Crippen molar-refractivity contribution in [3.05, 3.63) is 95.0 Å². The summed E-state index contributed by atoms with van der Waals surface area (Å²) in [4.78, 5) is 37.8. The van der Waals surface area contributed by atoms with Crippen molar-refractivity contribution in [2.75, 3.05) is 18.6 Å². The fraction of sp³-hybridized carbons (Fsp3) is 0.192. The van der Waals surface area contributed by atoms with Gasteiger partial charge in [0.2, 0.25) is 0 Å². The molecular formula is C26H24ClNO4S. The first-order valence-corrected chi connectivity index (χ1v) is 12.2. The summed E-state index contributed by atoms with van der Waals surface area (Å²) in [6.45, 7) is -0.402. The van der Waals surface area contributed by atoms with E-state index >= 15 is 0 Å². The Hall–Kier alpha value is -3.09. The fourth-order valence-corrected chi connectivity index (χ4v) is 3.86. The van der Waals surface area contributed by atoms with Crippen molar-refractivity contribution in [3.63, 3.8) is 0 Å². The van der Waals surface area contributed by atoms with Crippen LogP contribution in [0.5, 0.6) is 0 Å². The number of halogens is 1. The van der Waals surface area contributed by atoms with Crippen LogP contribution in [-0.2, 0) is 9.53 Å². The van der Waals surface area contributed by atoms with E-state index < -0.39 is 24.5 Å². The predicted molar refractivity (Wildman–Crippen MR) is 133 cm³/mol. The lowest BCUT2D eigenvalue weighted by molar-refractivity contribution is -0.144. The first kappa shape index (κ1) is 24.6. The molecule has 1 amide bonds. The Bertz CT molecular complexity index is 1100. The SMILES string of the molecule is CSCC[C@H](NC(=O)c1ccccc1Cl)C(=O)OCC(=O)c1ccc(-c2ccccc2)cc1. The fourth-order valence-electron chi connectivity index (χ4n) is 3.17. The number of carbonyl (C=O) groups is 3. The molecule has 0 saturated heterocycles. The maximum Gasteiger partial charge on any atom is 0.329 e. The van der Waals surface area contributed by atoms with Crippen molar-refractivity contribution >= 4 is 41.0 Å². The van der Waals surface area contributed by atoms with Crippen molar-refractivity contribution in [1.82, 2.24) is 5.32 Å². The Morgan fingerprint density at radius 2 is 1.55 bits per heavy atom. The van der Waals surface area contributed by atoms with Gasteiger partial charge in [-0.2, -0.15) is 11.8 Å². The van der Waals surface area contributed by atoms with E-state index in [4.69, 9.17) is 16.3 Å². The van der Waals surface area contributed by atoms with Crippen molar-refractivity contribution in [3.8, 4) is 11.1 Å². The molecule has 0 aliphatic rings. The third kappa shape index (κ3) is 6.94. The number of nitrogens with one attached hydrogen (secondary N) is 1. The van der Waals surface area contributed by atoms with Crippen molar-refractivity contribution in [2.24, 2.45) is 0 Å². The van der Waals surface area contributed by atoms with Gasteiger partial charge in [-0.1, -0.05) is 78.3 Å². The summed E-state index contributed by atoms with van der Waals surface area (Å²) in [7, 11) is 0. The van der Waals surface area contributed by atoms with E-state index in [1.807, 2.05) is 48.7 Å². The number of ketones is 1. The maximum absolute atomic E-state index is 12.6. The van der Waals surface area contributed by atoms with Gasteiger partial charge in [0.15, 0.2) is 12.4 Å². The first-order valence-electron chi connectivity index (χ1n) is 10.4. The van der Waals surface area contributed by atoms with Gasteiger partial charge in [0.25, 0.3) is 5.91 Å². The van der Waals surface area contributed by atoms with Crippen LogP contribution < -0.4 is 5.32 Å². The van der Waals surface area contributed by atoms with Crippen LogP contribution in [0.2, 0.25) is 5.02 Å². The molecule has 1 atom stereocenters. The zero-order valence-electron chi connectivity index (χ0n) is 18.1. The van der Waals surface area contributed by atoms with E-state index in [9.17, 15) is 14.4 Å². The van der Waals surface area contributed by atoms with Gasteiger partial charge >= 0.3 is 5.97 Å². The van der Waals surface area contributed by atoms with Gasteiger partial charge in [0, 0.05) is 5.56 Å². The first-order chi connectivity index (χ1) is 16.0. The summed E-state index contributed by atoms with van der Waals surface area (Å²) in [5.41, 5.74) is 2.76. The second-order valence-corrected chi connectivity index (χ2v) is 8.65. The number of benzene rings is 3. The Labute approximate surface area is 202 Å². The minimum Gasteiger partial charge on any atom is -0.456 e. The number of rotatable bonds is 10. The highest BCUT2D eigenvalue weighted by atomic mass is 35.5. The summed E-state index contributed by atoms with van der Waals surface area (Å²) in [5.74, 6) is -0.800. The van der Waals surface area contributed by atoms with Crippen molar-refractivity contribution in [2.45, 2.75) is 12.5 Å². The molecule has 0 saturated carbocycles. The second kappa shape index (κ2) is 12.2. The summed E-state index contributed by atoms with van der Waals surface area (Å²) in [6, 6.07) is 22.7. The topological polar surface area (TPSA) is 72.5 Å². The Kier molecular flexibility index (Phi) is 9.10. The van der Waals surface area contributed by atoms with Gasteiger partial charge in [-0.05, 0) is 41.7 Å². The van der Waals surface area contributed by atoms with Crippen LogP contribution in [0.25, 0.3) is 11.1 Å². The largest absolute Gasteiger partial charge is 0.456 e. The number of amides is 1. The standard InChI is InChI=1S/C26H24ClNO4S/c1-33-16-15-23(28-25(30)21-9-5-6-10-22(21)27)26(31)32-17-24(29)20-13-11-19(12-14-20)18-7-3-2-4-8-18/h2-14,23H,15-17H2,1H3,(H,28,30)/t23-/m0/s1. The zero-order chi connectivity index (χ0) is 23.6. The molecule has 0 bridgehead atoms. The van der Waals surface area contributed by atoms with Crippen LogP contribution in [0.15, 0.2) is 78.9 Å². The third-order valence-corrected chi connectivity index (χ3v) is 5.95. The molecule has 0 aromatic heterocycles. The quantitative estimate of drug-likeness (QED) is 0.315. The average Bonchev–Trinajstić information content (AvgIpc) is 2.85. The average molecular weight is 482 g/mol. The molecule has 0 spiro atoms. The van der Waals surface area contributed by atoms with Crippen LogP contribution in [0.3, 0.4) is 0 Å². The molecule has 0 aliphatic carbocycles. The molecule has 33 heavy (non-hydrogen) atoms. The molecule has 0 radical (unpaired) electrons. The highest BCUT2D eigenvalue weighted by Crippen LogP contribution is 2.19. The molecule has 3 aromatic carbocycles. The summed E-state index contributed by atoms with van der Waals surface area (Å²) in [6.07, 6.45) is 2.27. The van der Waals surface area contributed by atoms with Crippen LogP contribution in [-0.4, -0.2) is 42.3 Å². The molecule has 0 aliphatic heterocycles. The minimum atomic E-state index is -0.880. The highest BCUT2D eigenvalue weighted by molar-refractivity contribution is 7.98. The van der Waals surface area contributed by atoms with E-state index in [2.05, 4.69) is 5.32 Å². The molecule has 3 aromatic rings. The number of esters is 1. The van der Waals surface area contributed by atoms with Crippen molar-refractivity contribution in [1.29, 1.82) is 0 Å². The Balaban J connectivity index is 1.60. The molecule has 0 unspecified atom stereocenters.